The van der Waals surface area contributed by atoms with Crippen molar-refractivity contribution in [2.24, 2.45) is 5.92 Å². The Morgan fingerprint density at radius 1 is 1.26 bits per heavy atom. The fourth-order valence-corrected chi connectivity index (χ4v) is 3.43. The zero-order valence-corrected chi connectivity index (χ0v) is 15.5. The first kappa shape index (κ1) is 17.5. The van der Waals surface area contributed by atoms with Crippen LogP contribution in [0.5, 0.6) is 5.75 Å². The number of aromatic amines is 1. The standard InChI is InChI=1S/C20H23N5O2/c1-25-10-8-13(9-11-25)20(26)22-19-16-6-7-17(21-18(16)23-24-19)14-4-3-5-15(12-14)27-2/h3-7,12-13H,8-11H2,1-2H3,(H2,21,22,23,24,26). The lowest BCUT2D eigenvalue weighted by atomic mass is 9.96. The summed E-state index contributed by atoms with van der Waals surface area (Å²) in [6, 6.07) is 11.6. The second-order valence-corrected chi connectivity index (χ2v) is 6.96. The molecule has 0 atom stereocenters. The Bertz CT molecular complexity index is 960. The zero-order valence-electron chi connectivity index (χ0n) is 15.5. The number of benzene rings is 1. The number of ether oxygens (including phenoxy) is 1. The van der Waals surface area contributed by atoms with Crippen molar-refractivity contribution in [2.45, 2.75) is 12.8 Å². The third kappa shape index (κ3) is 3.64. The molecule has 7 nitrogen and oxygen atoms in total. The van der Waals surface area contributed by atoms with Gasteiger partial charge in [0.15, 0.2) is 11.5 Å². The second kappa shape index (κ2) is 7.36. The number of piperidine rings is 1. The predicted octanol–water partition coefficient (Wildman–Crippen LogP) is 2.91. The predicted molar refractivity (Wildman–Crippen MR) is 105 cm³/mol. The lowest BCUT2D eigenvalue weighted by molar-refractivity contribution is -0.121. The van der Waals surface area contributed by atoms with Crippen LogP contribution < -0.4 is 10.1 Å². The molecule has 1 amide bonds. The summed E-state index contributed by atoms with van der Waals surface area (Å²) in [5, 5.41) is 11.0. The van der Waals surface area contributed by atoms with Gasteiger partial charge in [-0.2, -0.15) is 5.10 Å². The van der Waals surface area contributed by atoms with Gasteiger partial charge in [-0.1, -0.05) is 12.1 Å². The highest BCUT2D eigenvalue weighted by molar-refractivity contribution is 6.00. The quantitative estimate of drug-likeness (QED) is 0.743. The highest BCUT2D eigenvalue weighted by Gasteiger charge is 2.24. The number of anilines is 1. The zero-order chi connectivity index (χ0) is 18.8. The van der Waals surface area contributed by atoms with E-state index in [1.165, 1.54) is 0 Å². The number of hydrogen-bond donors (Lipinski definition) is 2. The first-order chi connectivity index (χ1) is 13.1. The molecule has 27 heavy (non-hydrogen) atoms. The van der Waals surface area contributed by atoms with Crippen molar-refractivity contribution >= 4 is 22.8 Å². The molecule has 0 saturated carbocycles. The molecule has 1 aromatic carbocycles. The van der Waals surface area contributed by atoms with Crippen molar-refractivity contribution in [3.8, 4) is 17.0 Å². The van der Waals surface area contributed by atoms with E-state index in [1.807, 2.05) is 36.4 Å². The van der Waals surface area contributed by atoms with Gasteiger partial charge in [-0.15, -0.1) is 0 Å². The molecule has 1 aliphatic rings. The maximum Gasteiger partial charge on any atom is 0.228 e. The molecule has 2 aromatic heterocycles. The SMILES string of the molecule is COc1cccc(-c2ccc3c(NC(=O)C4CCN(C)CC4)n[nH]c3n2)c1. The molecule has 0 unspecified atom stereocenters. The third-order valence-electron chi connectivity index (χ3n) is 5.12. The number of likely N-dealkylation sites (tertiary alicyclic amines) is 1. The molecule has 7 heteroatoms. The van der Waals surface area contributed by atoms with Gasteiger partial charge in [-0.3, -0.25) is 9.89 Å². The monoisotopic (exact) mass is 365 g/mol. The van der Waals surface area contributed by atoms with Crippen molar-refractivity contribution in [1.29, 1.82) is 0 Å². The van der Waals surface area contributed by atoms with Crippen LogP contribution in [-0.2, 0) is 4.79 Å². The topological polar surface area (TPSA) is 83.1 Å². The van der Waals surface area contributed by atoms with Gasteiger partial charge < -0.3 is 15.0 Å². The van der Waals surface area contributed by atoms with E-state index in [0.717, 1.165) is 48.3 Å². The Morgan fingerprint density at radius 3 is 2.85 bits per heavy atom. The van der Waals surface area contributed by atoms with Crippen LogP contribution in [0.15, 0.2) is 36.4 Å². The normalized spacial score (nSPS) is 15.8. The van der Waals surface area contributed by atoms with Gasteiger partial charge >= 0.3 is 0 Å². The average molecular weight is 365 g/mol. The molecule has 4 rings (SSSR count). The molecule has 0 radical (unpaired) electrons. The van der Waals surface area contributed by atoms with Crippen LogP contribution in [0.4, 0.5) is 5.82 Å². The molecule has 1 saturated heterocycles. The van der Waals surface area contributed by atoms with Crippen LogP contribution in [0.2, 0.25) is 0 Å². The Hall–Kier alpha value is -2.93. The molecule has 0 aliphatic carbocycles. The van der Waals surface area contributed by atoms with Gasteiger partial charge in [-0.05, 0) is 57.2 Å². The van der Waals surface area contributed by atoms with E-state index in [2.05, 4.69) is 32.4 Å². The number of pyridine rings is 1. The average Bonchev–Trinajstić information content (AvgIpc) is 3.10. The molecule has 0 spiro atoms. The summed E-state index contributed by atoms with van der Waals surface area (Å²) in [4.78, 5) is 19.4. The molecule has 3 heterocycles. The molecule has 2 N–H and O–H groups in total. The number of aromatic nitrogens is 3. The number of methoxy groups -OCH3 is 1. The van der Waals surface area contributed by atoms with Crippen molar-refractivity contribution in [1.82, 2.24) is 20.1 Å². The molecule has 1 fully saturated rings. The summed E-state index contributed by atoms with van der Waals surface area (Å²) in [5.74, 6) is 1.40. The van der Waals surface area contributed by atoms with E-state index in [0.29, 0.717) is 11.5 Å². The van der Waals surface area contributed by atoms with Gasteiger partial charge in [0, 0.05) is 11.5 Å². The number of nitrogens with one attached hydrogen (secondary N) is 2. The van der Waals surface area contributed by atoms with Crippen molar-refractivity contribution in [3.63, 3.8) is 0 Å². The van der Waals surface area contributed by atoms with Gasteiger partial charge in [0.25, 0.3) is 0 Å². The number of carbonyl (C=O) groups excluding carboxylic acids is 1. The molecule has 0 bridgehead atoms. The van der Waals surface area contributed by atoms with Crippen molar-refractivity contribution < 1.29 is 9.53 Å². The summed E-state index contributed by atoms with van der Waals surface area (Å²) in [6.07, 6.45) is 1.76. The summed E-state index contributed by atoms with van der Waals surface area (Å²) in [7, 11) is 3.73. The van der Waals surface area contributed by atoms with Gasteiger partial charge in [-0.25, -0.2) is 4.98 Å². The van der Waals surface area contributed by atoms with Gasteiger partial charge in [0.1, 0.15) is 5.75 Å². The Kier molecular flexibility index (Phi) is 4.77. The largest absolute Gasteiger partial charge is 0.497 e. The van der Waals surface area contributed by atoms with Crippen molar-refractivity contribution in [2.75, 3.05) is 32.6 Å². The minimum atomic E-state index is 0.0355. The number of amides is 1. The van der Waals surface area contributed by atoms with Crippen LogP contribution in [0, 0.1) is 5.92 Å². The van der Waals surface area contributed by atoms with E-state index in [-0.39, 0.29) is 11.8 Å². The molecular weight excluding hydrogens is 342 g/mol. The van der Waals surface area contributed by atoms with Crippen LogP contribution >= 0.6 is 0 Å². The van der Waals surface area contributed by atoms with Crippen LogP contribution in [-0.4, -0.2) is 53.2 Å². The van der Waals surface area contributed by atoms with E-state index in [9.17, 15) is 4.79 Å². The number of H-pyrrole nitrogens is 1. The molecule has 140 valence electrons. The summed E-state index contributed by atoms with van der Waals surface area (Å²) >= 11 is 0. The van der Waals surface area contributed by atoms with Gasteiger partial charge in [0.05, 0.1) is 18.2 Å². The number of carbonyl (C=O) groups is 1. The van der Waals surface area contributed by atoms with E-state index in [4.69, 9.17) is 4.74 Å². The summed E-state index contributed by atoms with van der Waals surface area (Å²) in [5.41, 5.74) is 2.43. The van der Waals surface area contributed by atoms with Gasteiger partial charge in [0.2, 0.25) is 5.91 Å². The maximum absolute atomic E-state index is 12.6. The smallest absolute Gasteiger partial charge is 0.228 e. The highest BCUT2D eigenvalue weighted by Crippen LogP contribution is 2.27. The first-order valence-corrected chi connectivity index (χ1v) is 9.13. The summed E-state index contributed by atoms with van der Waals surface area (Å²) in [6.45, 7) is 1.90. The molecule has 1 aliphatic heterocycles. The highest BCUT2D eigenvalue weighted by atomic mass is 16.5. The van der Waals surface area contributed by atoms with Crippen LogP contribution in [0.3, 0.4) is 0 Å². The van der Waals surface area contributed by atoms with E-state index < -0.39 is 0 Å². The molecule has 3 aromatic rings. The maximum atomic E-state index is 12.6. The van der Waals surface area contributed by atoms with Crippen LogP contribution in [0.25, 0.3) is 22.3 Å². The minimum absolute atomic E-state index is 0.0355. The number of hydrogen-bond acceptors (Lipinski definition) is 5. The second-order valence-electron chi connectivity index (χ2n) is 6.96. The fourth-order valence-electron chi connectivity index (χ4n) is 3.43. The molecular formula is C20H23N5O2. The minimum Gasteiger partial charge on any atom is -0.497 e. The van der Waals surface area contributed by atoms with Crippen LogP contribution in [0.1, 0.15) is 12.8 Å². The lowest BCUT2D eigenvalue weighted by Gasteiger charge is -2.27. The Labute approximate surface area is 157 Å². The third-order valence-corrected chi connectivity index (χ3v) is 5.12. The van der Waals surface area contributed by atoms with E-state index >= 15 is 0 Å². The fraction of sp³-hybridized carbons (Fsp3) is 0.350. The summed E-state index contributed by atoms with van der Waals surface area (Å²) < 4.78 is 5.28. The Balaban J connectivity index is 1.54. The Morgan fingerprint density at radius 2 is 2.07 bits per heavy atom. The number of fused-ring (bicyclic) bond motifs is 1. The lowest BCUT2D eigenvalue weighted by Crippen LogP contribution is -2.36. The number of rotatable bonds is 4. The first-order valence-electron chi connectivity index (χ1n) is 9.13. The van der Waals surface area contributed by atoms with E-state index in [1.54, 1.807) is 7.11 Å². The number of nitrogens with zero attached hydrogens (tertiary/aromatic N) is 3. The van der Waals surface area contributed by atoms with Crippen molar-refractivity contribution in [3.05, 3.63) is 36.4 Å².